The predicted octanol–water partition coefficient (Wildman–Crippen LogP) is 4.99. The van der Waals surface area contributed by atoms with Gasteiger partial charge in [0.25, 0.3) is 5.91 Å². The molecule has 1 atom stereocenters. The molecule has 0 radical (unpaired) electrons. The second-order valence-electron chi connectivity index (χ2n) is 6.98. The maximum Gasteiger partial charge on any atom is 0.256 e. The van der Waals surface area contributed by atoms with E-state index in [1.807, 2.05) is 31.2 Å². The van der Waals surface area contributed by atoms with Gasteiger partial charge in [-0.1, -0.05) is 29.8 Å². The number of rotatable bonds is 1. The van der Waals surface area contributed by atoms with Gasteiger partial charge in [0.15, 0.2) is 0 Å². The standard InChI is InChI=1S/C20H18ClN3OS/c1-10-5-4-6-11-9-13(17(21)22-16(10)11)18-23-19(25)15-12-7-2-3-8-14(12)26-20(15)24-18/h4-6,9,18,24H,2-3,7-8H2,1H3,(H,23,25)/t18-/m0/s1. The molecule has 3 heterocycles. The number of benzene rings is 1. The molecule has 6 heteroatoms. The molecule has 0 spiro atoms. The molecule has 2 N–H and O–H groups in total. The molecule has 0 unspecified atom stereocenters. The first-order chi connectivity index (χ1) is 12.6. The number of carbonyl (C=O) groups excluding carboxylic acids is 1. The number of aryl methyl sites for hydroxylation is 2. The van der Waals surface area contributed by atoms with E-state index in [2.05, 4.69) is 15.6 Å². The molecule has 0 saturated heterocycles. The molecule has 1 aromatic carbocycles. The smallest absolute Gasteiger partial charge is 0.256 e. The molecular formula is C20H18ClN3OS. The number of fused-ring (bicyclic) bond motifs is 4. The lowest BCUT2D eigenvalue weighted by Gasteiger charge is -2.27. The summed E-state index contributed by atoms with van der Waals surface area (Å²) in [5.41, 5.74) is 4.86. The van der Waals surface area contributed by atoms with Crippen LogP contribution in [0.1, 0.15) is 50.9 Å². The molecule has 26 heavy (non-hydrogen) atoms. The minimum Gasteiger partial charge on any atom is -0.353 e. The molecule has 2 aliphatic rings. The van der Waals surface area contributed by atoms with Gasteiger partial charge in [-0.2, -0.15) is 0 Å². The van der Waals surface area contributed by atoms with Gasteiger partial charge in [0, 0.05) is 15.8 Å². The zero-order valence-electron chi connectivity index (χ0n) is 14.4. The van der Waals surface area contributed by atoms with Gasteiger partial charge in [0.2, 0.25) is 0 Å². The highest BCUT2D eigenvalue weighted by Crippen LogP contribution is 2.42. The Balaban J connectivity index is 1.58. The Bertz CT molecular complexity index is 1060. The summed E-state index contributed by atoms with van der Waals surface area (Å²) in [7, 11) is 0. The third-order valence-electron chi connectivity index (χ3n) is 5.29. The number of carbonyl (C=O) groups is 1. The molecule has 1 aliphatic heterocycles. The summed E-state index contributed by atoms with van der Waals surface area (Å²) >= 11 is 8.20. The highest BCUT2D eigenvalue weighted by molar-refractivity contribution is 7.16. The number of hydrogen-bond acceptors (Lipinski definition) is 4. The van der Waals surface area contributed by atoms with Gasteiger partial charge in [0.05, 0.1) is 11.1 Å². The molecule has 2 aromatic heterocycles. The molecule has 1 aliphatic carbocycles. The number of nitrogens with zero attached hydrogens (tertiary/aromatic N) is 1. The van der Waals surface area contributed by atoms with Crippen molar-refractivity contribution in [2.45, 2.75) is 38.8 Å². The van der Waals surface area contributed by atoms with Crippen molar-refractivity contribution >= 4 is 44.7 Å². The summed E-state index contributed by atoms with van der Waals surface area (Å²) < 4.78 is 0. The lowest BCUT2D eigenvalue weighted by molar-refractivity contribution is 0.0935. The number of hydrogen-bond donors (Lipinski definition) is 2. The third-order valence-corrected chi connectivity index (χ3v) is 6.81. The number of thiophene rings is 1. The molecule has 0 fully saturated rings. The first kappa shape index (κ1) is 16.1. The molecular weight excluding hydrogens is 366 g/mol. The Hall–Kier alpha value is -2.11. The number of halogens is 1. The number of amides is 1. The lowest BCUT2D eigenvalue weighted by atomic mass is 9.94. The molecule has 0 bridgehead atoms. The van der Waals surface area contributed by atoms with E-state index in [4.69, 9.17) is 11.6 Å². The molecule has 132 valence electrons. The van der Waals surface area contributed by atoms with Gasteiger partial charge in [-0.15, -0.1) is 11.3 Å². The SMILES string of the molecule is Cc1cccc2cc([C@H]3NC(=O)c4c(sc5c4CCCC5)N3)c(Cl)nc12. The maximum atomic E-state index is 12.8. The molecule has 3 aromatic rings. The van der Waals surface area contributed by atoms with Crippen LogP contribution in [0.25, 0.3) is 10.9 Å². The summed E-state index contributed by atoms with van der Waals surface area (Å²) in [6.07, 6.45) is 4.08. The van der Waals surface area contributed by atoms with Crippen molar-refractivity contribution < 1.29 is 4.79 Å². The number of para-hydroxylation sites is 1. The zero-order valence-corrected chi connectivity index (χ0v) is 15.9. The van der Waals surface area contributed by atoms with Crippen molar-refractivity contribution in [3.63, 3.8) is 0 Å². The Morgan fingerprint density at radius 1 is 1.23 bits per heavy atom. The van der Waals surface area contributed by atoms with Crippen LogP contribution in [-0.2, 0) is 12.8 Å². The van der Waals surface area contributed by atoms with Crippen molar-refractivity contribution in [1.29, 1.82) is 0 Å². The third kappa shape index (κ3) is 2.42. The van der Waals surface area contributed by atoms with Gasteiger partial charge in [0.1, 0.15) is 16.3 Å². The van der Waals surface area contributed by atoms with Crippen molar-refractivity contribution in [2.24, 2.45) is 0 Å². The highest BCUT2D eigenvalue weighted by Gasteiger charge is 2.33. The quantitative estimate of drug-likeness (QED) is 0.582. The van der Waals surface area contributed by atoms with Crippen molar-refractivity contribution in [1.82, 2.24) is 10.3 Å². The Morgan fingerprint density at radius 2 is 2.08 bits per heavy atom. The Labute approximate surface area is 160 Å². The summed E-state index contributed by atoms with van der Waals surface area (Å²) in [4.78, 5) is 18.7. The van der Waals surface area contributed by atoms with Crippen LogP contribution in [0.15, 0.2) is 24.3 Å². The summed E-state index contributed by atoms with van der Waals surface area (Å²) in [5, 5.41) is 8.97. The average Bonchev–Trinajstić information content (AvgIpc) is 3.01. The van der Waals surface area contributed by atoms with Crippen LogP contribution >= 0.6 is 22.9 Å². The van der Waals surface area contributed by atoms with E-state index in [0.29, 0.717) is 5.15 Å². The Kier molecular flexibility index (Phi) is 3.69. The van der Waals surface area contributed by atoms with Crippen LogP contribution in [0.5, 0.6) is 0 Å². The topological polar surface area (TPSA) is 54.0 Å². The normalized spacial score (nSPS) is 18.8. The molecule has 4 nitrogen and oxygen atoms in total. The first-order valence-electron chi connectivity index (χ1n) is 8.89. The monoisotopic (exact) mass is 383 g/mol. The predicted molar refractivity (Wildman–Crippen MR) is 106 cm³/mol. The van der Waals surface area contributed by atoms with Gasteiger partial charge in [-0.05, 0) is 49.8 Å². The van der Waals surface area contributed by atoms with Crippen LogP contribution in [0.2, 0.25) is 5.15 Å². The van der Waals surface area contributed by atoms with Crippen LogP contribution in [0.4, 0.5) is 5.00 Å². The van der Waals surface area contributed by atoms with Gasteiger partial charge >= 0.3 is 0 Å². The van der Waals surface area contributed by atoms with Gasteiger partial charge < -0.3 is 10.6 Å². The fourth-order valence-electron chi connectivity index (χ4n) is 3.98. The number of anilines is 1. The van der Waals surface area contributed by atoms with E-state index in [1.165, 1.54) is 16.9 Å². The van der Waals surface area contributed by atoms with Crippen LogP contribution in [-0.4, -0.2) is 10.9 Å². The van der Waals surface area contributed by atoms with E-state index in [0.717, 1.165) is 51.9 Å². The minimum atomic E-state index is -0.361. The summed E-state index contributed by atoms with van der Waals surface area (Å²) in [6, 6.07) is 8.08. The second kappa shape index (κ2) is 5.96. The van der Waals surface area contributed by atoms with Crippen LogP contribution in [0, 0.1) is 6.92 Å². The van der Waals surface area contributed by atoms with Crippen molar-refractivity contribution in [2.75, 3.05) is 5.32 Å². The average molecular weight is 384 g/mol. The molecule has 1 amide bonds. The minimum absolute atomic E-state index is 0.0106. The largest absolute Gasteiger partial charge is 0.353 e. The van der Waals surface area contributed by atoms with Crippen LogP contribution < -0.4 is 10.6 Å². The van der Waals surface area contributed by atoms with E-state index in [9.17, 15) is 4.79 Å². The number of nitrogens with one attached hydrogen (secondary N) is 2. The maximum absolute atomic E-state index is 12.8. The van der Waals surface area contributed by atoms with Gasteiger partial charge in [-0.25, -0.2) is 4.98 Å². The summed E-state index contributed by atoms with van der Waals surface area (Å²) in [6.45, 7) is 2.02. The zero-order chi connectivity index (χ0) is 17.8. The van der Waals surface area contributed by atoms with E-state index < -0.39 is 0 Å². The molecule has 0 saturated carbocycles. The van der Waals surface area contributed by atoms with Gasteiger partial charge in [-0.3, -0.25) is 4.79 Å². The fourth-order valence-corrected chi connectivity index (χ4v) is 5.54. The van der Waals surface area contributed by atoms with E-state index in [1.54, 1.807) is 11.3 Å². The van der Waals surface area contributed by atoms with E-state index in [-0.39, 0.29) is 12.1 Å². The van der Waals surface area contributed by atoms with Crippen molar-refractivity contribution in [3.05, 3.63) is 56.5 Å². The fraction of sp³-hybridized carbons (Fsp3) is 0.300. The second-order valence-corrected chi connectivity index (χ2v) is 8.44. The van der Waals surface area contributed by atoms with E-state index >= 15 is 0 Å². The van der Waals surface area contributed by atoms with Crippen molar-refractivity contribution in [3.8, 4) is 0 Å². The first-order valence-corrected chi connectivity index (χ1v) is 10.1. The lowest BCUT2D eigenvalue weighted by Crippen LogP contribution is -2.38. The summed E-state index contributed by atoms with van der Waals surface area (Å²) in [5.74, 6) is -0.0106. The number of pyridine rings is 1. The highest BCUT2D eigenvalue weighted by atomic mass is 35.5. The molecule has 5 rings (SSSR count). The Morgan fingerprint density at radius 3 is 2.96 bits per heavy atom. The number of aromatic nitrogens is 1. The van der Waals surface area contributed by atoms with Crippen LogP contribution in [0.3, 0.4) is 0 Å².